The minimum absolute atomic E-state index is 0.0531. The molecule has 12 heteroatoms. The molecule has 1 aromatic carbocycles. The van der Waals surface area contributed by atoms with E-state index in [9.17, 15) is 14.9 Å². The van der Waals surface area contributed by atoms with Gasteiger partial charge in [0, 0.05) is 30.3 Å². The molecule has 0 radical (unpaired) electrons. The van der Waals surface area contributed by atoms with Crippen molar-refractivity contribution < 1.29 is 23.5 Å². The molecule has 7 rings (SSSR count). The van der Waals surface area contributed by atoms with Crippen LogP contribution in [0.2, 0.25) is 0 Å². The monoisotopic (exact) mass is 656 g/mol. The number of likely N-dealkylation sites (N-methyl/N-ethyl adjacent to an activating group) is 1. The minimum atomic E-state index is -0.625. The number of likely N-dealkylation sites (tertiary alicyclic amines) is 1. The molecule has 230 valence electrons. The number of nitrogens with zero attached hydrogens (tertiary/aromatic N) is 5. The average molecular weight is 658 g/mol. The lowest BCUT2D eigenvalue weighted by Crippen LogP contribution is -2.59. The van der Waals surface area contributed by atoms with Crippen LogP contribution < -0.4 is 15.0 Å². The molecule has 43 heavy (non-hydrogen) atoms. The topological polar surface area (TPSA) is 111 Å². The van der Waals surface area contributed by atoms with E-state index >= 15 is 4.39 Å². The molecule has 0 spiro atoms. The number of aromatic nitrogens is 1. The van der Waals surface area contributed by atoms with Gasteiger partial charge in [-0.2, -0.15) is 5.26 Å². The third kappa shape index (κ3) is 5.29. The van der Waals surface area contributed by atoms with Crippen molar-refractivity contribution in [3.8, 4) is 11.9 Å². The highest BCUT2D eigenvalue weighted by molar-refractivity contribution is 9.10. The molecule has 3 unspecified atom stereocenters. The molecular weight excluding hydrogens is 619 g/mol. The number of halogens is 2. The Morgan fingerprint density at radius 2 is 2.14 bits per heavy atom. The molecule has 5 heterocycles. The van der Waals surface area contributed by atoms with Crippen LogP contribution in [0, 0.1) is 23.1 Å². The van der Waals surface area contributed by atoms with Crippen molar-refractivity contribution >= 4 is 50.2 Å². The lowest BCUT2D eigenvalue weighted by molar-refractivity contribution is -0.115. The first-order valence-corrected chi connectivity index (χ1v) is 15.8. The molecule has 4 fully saturated rings. The first-order valence-electron chi connectivity index (χ1n) is 15.0. The Balaban J connectivity index is 1.46. The van der Waals surface area contributed by atoms with Crippen molar-refractivity contribution in [2.45, 2.75) is 89.6 Å². The van der Waals surface area contributed by atoms with Crippen LogP contribution in [-0.4, -0.2) is 83.3 Å². The summed E-state index contributed by atoms with van der Waals surface area (Å²) in [7, 11) is 2.06. The number of anilines is 2. The van der Waals surface area contributed by atoms with Gasteiger partial charge in [0.1, 0.15) is 22.9 Å². The van der Waals surface area contributed by atoms with Crippen molar-refractivity contribution in [2.24, 2.45) is 5.92 Å². The van der Waals surface area contributed by atoms with Crippen molar-refractivity contribution in [1.82, 2.24) is 14.8 Å². The molecule has 2 bridgehead atoms. The van der Waals surface area contributed by atoms with Gasteiger partial charge in [-0.3, -0.25) is 9.69 Å². The van der Waals surface area contributed by atoms with Gasteiger partial charge in [-0.1, -0.05) is 0 Å². The predicted molar refractivity (Wildman–Crippen MR) is 164 cm³/mol. The lowest BCUT2D eigenvalue weighted by atomic mass is 9.78. The number of fused-ring (bicyclic) bond motifs is 4. The molecule has 5 aliphatic rings. The number of amides is 2. The molecule has 5 atom stereocenters. The second-order valence-corrected chi connectivity index (χ2v) is 14.0. The van der Waals surface area contributed by atoms with Gasteiger partial charge in [-0.15, -0.1) is 0 Å². The molecule has 2 aromatic rings. The highest BCUT2D eigenvalue weighted by atomic mass is 79.9. The molecule has 1 aromatic heterocycles. The highest BCUT2D eigenvalue weighted by Crippen LogP contribution is 2.52. The van der Waals surface area contributed by atoms with Gasteiger partial charge in [0.15, 0.2) is 5.82 Å². The summed E-state index contributed by atoms with van der Waals surface area (Å²) >= 11 is 3.41. The van der Waals surface area contributed by atoms with E-state index in [2.05, 4.69) is 44.2 Å². The summed E-state index contributed by atoms with van der Waals surface area (Å²) in [6.07, 6.45) is 2.81. The van der Waals surface area contributed by atoms with Gasteiger partial charge in [0.05, 0.1) is 34.9 Å². The van der Waals surface area contributed by atoms with Crippen molar-refractivity contribution in [3.63, 3.8) is 0 Å². The van der Waals surface area contributed by atoms with Gasteiger partial charge in [-0.05, 0) is 94.5 Å². The summed E-state index contributed by atoms with van der Waals surface area (Å²) < 4.78 is 28.5. The Morgan fingerprint density at radius 1 is 1.37 bits per heavy atom. The van der Waals surface area contributed by atoms with Crippen LogP contribution in [0.4, 0.5) is 20.6 Å². The number of aryl methyl sites for hydroxylation is 1. The first kappa shape index (κ1) is 29.9. The maximum Gasteiger partial charge on any atom is 0.410 e. The van der Waals surface area contributed by atoms with E-state index in [1.54, 1.807) is 4.90 Å². The van der Waals surface area contributed by atoms with Crippen LogP contribution in [0.5, 0.6) is 5.88 Å². The van der Waals surface area contributed by atoms with Crippen LogP contribution in [0.3, 0.4) is 0 Å². The van der Waals surface area contributed by atoms with Crippen LogP contribution in [0.15, 0.2) is 10.5 Å². The van der Waals surface area contributed by atoms with Gasteiger partial charge in [0.2, 0.25) is 11.8 Å². The average Bonchev–Trinajstić information content (AvgIpc) is 3.65. The number of ether oxygens (including phenoxy) is 2. The van der Waals surface area contributed by atoms with Crippen molar-refractivity contribution in [1.29, 1.82) is 5.26 Å². The van der Waals surface area contributed by atoms with Crippen LogP contribution in [-0.2, 0) is 16.0 Å². The maximum atomic E-state index is 16.1. The third-order valence-corrected chi connectivity index (χ3v) is 10.1. The zero-order valence-electron chi connectivity index (χ0n) is 25.2. The van der Waals surface area contributed by atoms with Crippen LogP contribution in [0.1, 0.15) is 58.9 Å². The van der Waals surface area contributed by atoms with Crippen LogP contribution in [0.25, 0.3) is 10.9 Å². The number of hydrogen-bond donors (Lipinski definition) is 1. The Morgan fingerprint density at radius 3 is 2.81 bits per heavy atom. The summed E-state index contributed by atoms with van der Waals surface area (Å²) in [6, 6.07) is 3.87. The quantitative estimate of drug-likeness (QED) is 0.451. The van der Waals surface area contributed by atoms with E-state index in [0.717, 1.165) is 25.8 Å². The van der Waals surface area contributed by atoms with Gasteiger partial charge >= 0.3 is 6.09 Å². The number of carbonyl (C=O) groups excluding carboxylic acids is 2. The molecule has 3 saturated heterocycles. The number of benzene rings is 1. The predicted octanol–water partition coefficient (Wildman–Crippen LogP) is 5.22. The summed E-state index contributed by atoms with van der Waals surface area (Å²) in [6.45, 7) is 9.06. The summed E-state index contributed by atoms with van der Waals surface area (Å²) in [5.41, 5.74) is 1.21. The fourth-order valence-corrected chi connectivity index (χ4v) is 7.75. The zero-order valence-corrected chi connectivity index (χ0v) is 26.8. The lowest BCUT2D eigenvalue weighted by Gasteiger charge is -2.47. The van der Waals surface area contributed by atoms with E-state index in [4.69, 9.17) is 9.47 Å². The summed E-state index contributed by atoms with van der Waals surface area (Å²) in [5.74, 6) is -0.443. The van der Waals surface area contributed by atoms with E-state index < -0.39 is 11.4 Å². The standard InChI is InChI=1S/C31H38BrFN6O4/c1-16(20-9-7-11-37(20)5)42-29-26-28(19-12-17(8-6-10-34)23(32)24(33)25(19)36-29)39(15-22(40)35-26)27-18-13-21(27)38(14-18)30(41)43-31(2,3)4/h12,16,18,20-21,27H,6-9,11,13-15H2,1-5H3,(H,35,40)/t16-,18?,20-,21?,27?/m0/s1. The second-order valence-electron chi connectivity index (χ2n) is 13.2. The Hall–Kier alpha value is -3.17. The summed E-state index contributed by atoms with van der Waals surface area (Å²) in [5, 5.41) is 12.8. The van der Waals surface area contributed by atoms with E-state index in [-0.39, 0.29) is 71.0 Å². The number of carbonyl (C=O) groups is 2. The van der Waals surface area contributed by atoms with Crippen molar-refractivity contribution in [3.05, 3.63) is 21.9 Å². The van der Waals surface area contributed by atoms with Gasteiger partial charge in [-0.25, -0.2) is 14.2 Å². The fraction of sp³-hybridized carbons (Fsp3) is 0.613. The Kier molecular flexibility index (Phi) is 7.70. The third-order valence-electron chi connectivity index (χ3n) is 9.20. The smallest absolute Gasteiger partial charge is 0.410 e. The molecule has 4 aliphatic heterocycles. The number of nitriles is 1. The second kappa shape index (κ2) is 11.1. The van der Waals surface area contributed by atoms with E-state index in [1.165, 1.54) is 0 Å². The van der Waals surface area contributed by atoms with Gasteiger partial charge < -0.3 is 24.6 Å². The molecule has 2 amide bonds. The summed E-state index contributed by atoms with van der Waals surface area (Å²) in [4.78, 5) is 37.1. The first-order chi connectivity index (χ1) is 20.4. The van der Waals surface area contributed by atoms with E-state index in [1.807, 2.05) is 38.7 Å². The number of hydrogen-bond acceptors (Lipinski definition) is 8. The molecular formula is C31H38BrFN6O4. The minimum Gasteiger partial charge on any atom is -0.471 e. The van der Waals surface area contributed by atoms with E-state index in [0.29, 0.717) is 35.3 Å². The van der Waals surface area contributed by atoms with Crippen molar-refractivity contribution in [2.75, 3.05) is 36.9 Å². The molecule has 1 aliphatic carbocycles. The molecule has 10 nitrogen and oxygen atoms in total. The normalized spacial score (nSPS) is 25.7. The SMILES string of the molecule is C[C@H](Oc1nc2c(F)c(Br)c(CCC#N)cc2c2c1NC(=O)CN2C1C2CC1N(C(=O)OC(C)(C)C)C2)[C@@H]1CCCN1C. The number of rotatable bonds is 6. The van der Waals surface area contributed by atoms with Crippen LogP contribution >= 0.6 is 15.9 Å². The molecule has 1 N–H and O–H groups in total. The molecule has 1 saturated carbocycles. The largest absolute Gasteiger partial charge is 0.471 e. The zero-order chi connectivity index (χ0) is 30.8. The highest BCUT2D eigenvalue weighted by Gasteiger charge is 2.58. The Bertz CT molecular complexity index is 1520. The van der Waals surface area contributed by atoms with Gasteiger partial charge in [0.25, 0.3) is 0 Å². The number of pyridine rings is 1. The number of nitrogens with one attached hydrogen (secondary N) is 1. The maximum absolute atomic E-state index is 16.1. The fourth-order valence-electron chi connectivity index (χ4n) is 7.25. The Labute approximate surface area is 259 Å².